The van der Waals surface area contributed by atoms with Crippen LogP contribution in [-0.2, 0) is 3.83 Å². The van der Waals surface area contributed by atoms with Gasteiger partial charge < -0.3 is 0 Å². The molecule has 1 heterocycles. The molecule has 0 aliphatic carbocycles. The molecule has 4 heteroatoms. The van der Waals surface area contributed by atoms with Crippen LogP contribution in [-0.4, -0.2) is 34.2 Å². The van der Waals surface area contributed by atoms with E-state index < -0.39 is 14.3 Å². The van der Waals surface area contributed by atoms with Crippen LogP contribution in [0.15, 0.2) is 24.0 Å². The second-order valence-electron chi connectivity index (χ2n) is 4.35. The van der Waals surface area contributed by atoms with Crippen molar-refractivity contribution in [1.29, 1.82) is 0 Å². The molecular weight excluding hydrogens is 255 g/mol. The third-order valence-corrected chi connectivity index (χ3v) is 6.56. The van der Waals surface area contributed by atoms with Crippen LogP contribution in [0.25, 0.3) is 0 Å². The van der Waals surface area contributed by atoms with Gasteiger partial charge in [0.05, 0.1) is 0 Å². The quantitative estimate of drug-likeness (QED) is 0.722. The summed E-state index contributed by atoms with van der Waals surface area (Å²) >= 11 is -2.16. The minimum atomic E-state index is -2.16. The van der Waals surface area contributed by atoms with Gasteiger partial charge >= 0.3 is 96.7 Å². The normalized spacial score (nSPS) is 22.7. The first-order valence-corrected chi connectivity index (χ1v) is 7.47. The van der Waals surface area contributed by atoms with Crippen molar-refractivity contribution in [2.45, 2.75) is 46.7 Å². The fourth-order valence-corrected chi connectivity index (χ4v) is 4.86. The second kappa shape index (κ2) is 4.50. The molecule has 1 aliphatic heterocycles. The predicted molar refractivity (Wildman–Crippen MR) is 63.3 cm³/mol. The summed E-state index contributed by atoms with van der Waals surface area (Å²) < 4.78 is 16.3. The Kier molecular flexibility index (Phi) is 3.74. The number of rotatable bonds is 2. The minimum absolute atomic E-state index is 0.241. The molecule has 0 amide bonds. The van der Waals surface area contributed by atoms with Crippen LogP contribution < -0.4 is 0 Å². The van der Waals surface area contributed by atoms with Crippen LogP contribution in [0.2, 0.25) is 0 Å². The van der Waals surface area contributed by atoms with Gasteiger partial charge in [-0.15, -0.1) is 0 Å². The zero-order valence-electron chi connectivity index (χ0n) is 10.2. The predicted octanol–water partition coefficient (Wildman–Crippen LogP) is 2.25. The van der Waals surface area contributed by atoms with Crippen molar-refractivity contribution < 1.29 is 3.83 Å². The zero-order valence-corrected chi connectivity index (χ0v) is 11.9. The molecule has 0 spiro atoms. The Balaban J connectivity index is 3.10. The van der Waals surface area contributed by atoms with Crippen LogP contribution in [0.3, 0.4) is 0 Å². The summed E-state index contributed by atoms with van der Waals surface area (Å²) in [7, 11) is 0. The molecule has 15 heavy (non-hydrogen) atoms. The van der Waals surface area contributed by atoms with E-state index in [0.29, 0.717) is 0 Å². The molecule has 0 bridgehead atoms. The molecule has 3 nitrogen and oxygen atoms in total. The van der Waals surface area contributed by atoms with Crippen molar-refractivity contribution in [3.63, 3.8) is 0 Å². The first kappa shape index (κ1) is 12.5. The number of allylic oxidation sites excluding steroid dienone is 2. The fraction of sp³-hybridized carbons (Fsp3) is 0.636. The van der Waals surface area contributed by atoms with Crippen LogP contribution >= 0.6 is 0 Å². The molecule has 0 saturated heterocycles. The number of hydrogen-bond donors (Lipinski definition) is 0. The van der Waals surface area contributed by atoms with E-state index in [1.165, 1.54) is 0 Å². The molecule has 0 radical (unpaired) electrons. The Bertz CT molecular complexity index is 321. The van der Waals surface area contributed by atoms with Crippen LogP contribution in [0, 0.1) is 0 Å². The molecule has 0 saturated carbocycles. The number of nitrogens with zero attached hydrogens (tertiary/aromatic N) is 2. The Morgan fingerprint density at radius 1 is 1.20 bits per heavy atom. The van der Waals surface area contributed by atoms with Crippen molar-refractivity contribution in [1.82, 2.24) is 7.83 Å². The van der Waals surface area contributed by atoms with Gasteiger partial charge in [0.1, 0.15) is 0 Å². The van der Waals surface area contributed by atoms with Crippen LogP contribution in [0.4, 0.5) is 0 Å². The summed E-state index contributed by atoms with van der Waals surface area (Å²) in [6.45, 7) is 14.2. The maximum atomic E-state index is 12.4. The molecule has 1 aliphatic rings. The van der Waals surface area contributed by atoms with Crippen LogP contribution in [0.5, 0.6) is 0 Å². The Morgan fingerprint density at radius 3 is 2.07 bits per heavy atom. The summed E-state index contributed by atoms with van der Waals surface area (Å²) in [5, 5.41) is 0. The van der Waals surface area contributed by atoms with Crippen molar-refractivity contribution >= 4 is 14.3 Å². The molecule has 0 aromatic rings. The molecule has 0 N–H and O–H groups in total. The van der Waals surface area contributed by atoms with Gasteiger partial charge in [-0.2, -0.15) is 0 Å². The van der Waals surface area contributed by atoms with E-state index >= 15 is 0 Å². The van der Waals surface area contributed by atoms with E-state index in [-0.39, 0.29) is 12.1 Å². The van der Waals surface area contributed by atoms with Gasteiger partial charge in [0.2, 0.25) is 0 Å². The van der Waals surface area contributed by atoms with Gasteiger partial charge in [0.25, 0.3) is 0 Å². The van der Waals surface area contributed by atoms with E-state index in [2.05, 4.69) is 20.4 Å². The summed E-state index contributed by atoms with van der Waals surface area (Å²) in [6.07, 6.45) is 2.01. The van der Waals surface area contributed by atoms with Gasteiger partial charge in [-0.05, 0) is 0 Å². The van der Waals surface area contributed by atoms with E-state index in [0.717, 1.165) is 11.4 Å². The Labute approximate surface area is 96.9 Å². The SMILES string of the molecule is C=C1C=C(C)N(C(C)C)[Se](=O)N1C(C)C. The first-order valence-electron chi connectivity index (χ1n) is 5.24. The fourth-order valence-electron chi connectivity index (χ4n) is 1.79. The Hall–Kier alpha value is -0.601. The average Bonchev–Trinajstić information content (AvgIpc) is 1.99. The maximum absolute atomic E-state index is 12.4. The summed E-state index contributed by atoms with van der Waals surface area (Å²) in [5.74, 6) is 0. The number of hydrogen-bond acceptors (Lipinski definition) is 1. The van der Waals surface area contributed by atoms with Gasteiger partial charge in [-0.3, -0.25) is 0 Å². The van der Waals surface area contributed by atoms with Crippen molar-refractivity contribution in [2.24, 2.45) is 0 Å². The molecule has 86 valence electrons. The summed E-state index contributed by atoms with van der Waals surface area (Å²) in [6, 6.07) is 0.517. The van der Waals surface area contributed by atoms with Crippen molar-refractivity contribution in [2.75, 3.05) is 0 Å². The van der Waals surface area contributed by atoms with Crippen molar-refractivity contribution in [3.05, 3.63) is 24.0 Å². The third-order valence-electron chi connectivity index (χ3n) is 2.28. The third kappa shape index (κ3) is 2.32. The van der Waals surface area contributed by atoms with Crippen molar-refractivity contribution in [3.8, 4) is 0 Å². The van der Waals surface area contributed by atoms with E-state index in [1.54, 1.807) is 0 Å². The second-order valence-corrected chi connectivity index (χ2v) is 6.97. The van der Waals surface area contributed by atoms with Crippen LogP contribution in [0.1, 0.15) is 34.6 Å². The zero-order chi connectivity index (χ0) is 11.7. The van der Waals surface area contributed by atoms with Gasteiger partial charge in [-0.25, -0.2) is 0 Å². The molecule has 0 aromatic heterocycles. The topological polar surface area (TPSA) is 23.6 Å². The molecule has 1 rings (SSSR count). The molecule has 1 atom stereocenters. The standard InChI is InChI=1S/C11H20N2OSe/c1-8(2)12-10(5)7-11(6)13(9(3)4)15(12)14/h7-9H,5H2,1-4,6H3. The van der Waals surface area contributed by atoms with E-state index in [9.17, 15) is 3.83 Å². The Morgan fingerprint density at radius 2 is 1.67 bits per heavy atom. The van der Waals surface area contributed by atoms with Gasteiger partial charge in [0, 0.05) is 0 Å². The summed E-state index contributed by atoms with van der Waals surface area (Å²) in [4.78, 5) is 0. The molecule has 0 aromatic carbocycles. The first-order chi connectivity index (χ1) is 6.86. The van der Waals surface area contributed by atoms with E-state index in [1.807, 2.05) is 34.7 Å². The summed E-state index contributed by atoms with van der Waals surface area (Å²) in [5.41, 5.74) is 1.94. The van der Waals surface area contributed by atoms with E-state index in [4.69, 9.17) is 0 Å². The van der Waals surface area contributed by atoms with Gasteiger partial charge in [0.15, 0.2) is 0 Å². The average molecular weight is 275 g/mol. The molecule has 1 unspecified atom stereocenters. The van der Waals surface area contributed by atoms with Gasteiger partial charge in [-0.1, -0.05) is 0 Å². The molecule has 0 fully saturated rings. The molecular formula is C11H20N2OSe. The monoisotopic (exact) mass is 276 g/mol.